The van der Waals surface area contributed by atoms with Gasteiger partial charge in [0.05, 0.1) is 17.1 Å². The lowest BCUT2D eigenvalue weighted by Crippen LogP contribution is -2.36. The van der Waals surface area contributed by atoms with Crippen LogP contribution >= 0.6 is 0 Å². The summed E-state index contributed by atoms with van der Waals surface area (Å²) in [6, 6.07) is 0.531. The number of fused-ring (bicyclic) bond motifs is 1. The largest absolute Gasteiger partial charge is 0.381 e. The molecule has 0 radical (unpaired) electrons. The lowest BCUT2D eigenvalue weighted by Gasteiger charge is -2.18. The minimum Gasteiger partial charge on any atom is -0.381 e. The van der Waals surface area contributed by atoms with Crippen LogP contribution in [0.5, 0.6) is 0 Å². The first-order valence-corrected chi connectivity index (χ1v) is 9.28. The summed E-state index contributed by atoms with van der Waals surface area (Å²) in [6.45, 7) is 0.667. The van der Waals surface area contributed by atoms with Gasteiger partial charge in [-0.25, -0.2) is 8.42 Å². The van der Waals surface area contributed by atoms with Crippen LogP contribution in [0.25, 0.3) is 0 Å². The molecule has 0 amide bonds. The standard InChI is InChI=1S/C14H25NO3S/c1-18-13-7-10-5-12(6-11(10)8-13)15-9-14-3-2-4-19(14,16)17/h10-15H,2-9H2,1H3/t10-,11+,12?,13?,14?. The number of sulfone groups is 1. The van der Waals surface area contributed by atoms with E-state index in [1.54, 1.807) is 0 Å². The summed E-state index contributed by atoms with van der Waals surface area (Å²) in [4.78, 5) is 0. The average molecular weight is 287 g/mol. The predicted molar refractivity (Wildman–Crippen MR) is 74.8 cm³/mol. The van der Waals surface area contributed by atoms with Crippen LogP contribution in [0, 0.1) is 11.8 Å². The molecule has 0 spiro atoms. The molecule has 19 heavy (non-hydrogen) atoms. The molecule has 0 aromatic carbocycles. The zero-order valence-electron chi connectivity index (χ0n) is 11.7. The molecule has 1 saturated heterocycles. The van der Waals surface area contributed by atoms with Crippen molar-refractivity contribution in [2.24, 2.45) is 11.8 Å². The van der Waals surface area contributed by atoms with E-state index in [0.717, 1.165) is 24.7 Å². The van der Waals surface area contributed by atoms with Crippen LogP contribution in [0.15, 0.2) is 0 Å². The van der Waals surface area contributed by atoms with Crippen LogP contribution < -0.4 is 5.32 Å². The molecule has 1 heterocycles. The Morgan fingerprint density at radius 2 is 1.84 bits per heavy atom. The van der Waals surface area contributed by atoms with Crippen molar-refractivity contribution < 1.29 is 13.2 Å². The maximum Gasteiger partial charge on any atom is 0.154 e. The highest BCUT2D eigenvalue weighted by Gasteiger charge is 2.42. The van der Waals surface area contributed by atoms with Crippen LogP contribution in [0.4, 0.5) is 0 Å². The Morgan fingerprint density at radius 1 is 1.16 bits per heavy atom. The van der Waals surface area contributed by atoms with Crippen molar-refractivity contribution in [2.45, 2.75) is 55.9 Å². The Labute approximate surface area is 116 Å². The van der Waals surface area contributed by atoms with Crippen LogP contribution in [0.1, 0.15) is 38.5 Å². The van der Waals surface area contributed by atoms with Gasteiger partial charge in [0, 0.05) is 19.7 Å². The molecule has 3 aliphatic rings. The number of hydrogen-bond donors (Lipinski definition) is 1. The Morgan fingerprint density at radius 3 is 2.37 bits per heavy atom. The van der Waals surface area contributed by atoms with Crippen molar-refractivity contribution in [2.75, 3.05) is 19.4 Å². The minimum absolute atomic E-state index is 0.125. The monoisotopic (exact) mass is 287 g/mol. The van der Waals surface area contributed by atoms with Crippen molar-refractivity contribution in [1.82, 2.24) is 5.32 Å². The first-order chi connectivity index (χ1) is 9.08. The molecule has 3 unspecified atom stereocenters. The van der Waals surface area contributed by atoms with Gasteiger partial charge >= 0.3 is 0 Å². The molecular weight excluding hydrogens is 262 g/mol. The van der Waals surface area contributed by atoms with E-state index in [1.165, 1.54) is 25.7 Å². The van der Waals surface area contributed by atoms with Gasteiger partial charge in [-0.2, -0.15) is 0 Å². The normalized spacial score (nSPS) is 44.6. The predicted octanol–water partition coefficient (Wildman–Crippen LogP) is 1.36. The Balaban J connectivity index is 1.46. The van der Waals surface area contributed by atoms with E-state index in [4.69, 9.17) is 4.74 Å². The quantitative estimate of drug-likeness (QED) is 0.848. The molecule has 5 atom stereocenters. The van der Waals surface area contributed by atoms with Gasteiger partial charge in [0.2, 0.25) is 0 Å². The third kappa shape index (κ3) is 2.83. The van der Waals surface area contributed by atoms with Gasteiger partial charge in [0.15, 0.2) is 9.84 Å². The lowest BCUT2D eigenvalue weighted by molar-refractivity contribution is 0.100. The van der Waals surface area contributed by atoms with Gasteiger partial charge in [-0.1, -0.05) is 0 Å². The van der Waals surface area contributed by atoms with Crippen molar-refractivity contribution >= 4 is 9.84 Å². The Hall–Kier alpha value is -0.130. The summed E-state index contributed by atoms with van der Waals surface area (Å²) in [5.74, 6) is 1.98. The number of hydrogen-bond acceptors (Lipinski definition) is 4. The molecule has 0 bridgehead atoms. The van der Waals surface area contributed by atoms with Crippen LogP contribution in [-0.4, -0.2) is 45.2 Å². The van der Waals surface area contributed by atoms with Gasteiger partial charge in [-0.15, -0.1) is 0 Å². The van der Waals surface area contributed by atoms with E-state index in [-0.39, 0.29) is 5.25 Å². The van der Waals surface area contributed by atoms with E-state index in [9.17, 15) is 8.42 Å². The molecule has 1 aliphatic heterocycles. The molecule has 3 fully saturated rings. The summed E-state index contributed by atoms with van der Waals surface area (Å²) < 4.78 is 29.0. The SMILES string of the molecule is COC1C[C@H]2CC(NCC3CCCS3(=O)=O)C[C@H]2C1. The average Bonchev–Trinajstić information content (AvgIpc) is 2.98. The second kappa shape index (κ2) is 5.34. The molecule has 2 saturated carbocycles. The van der Waals surface area contributed by atoms with Crippen molar-refractivity contribution in [3.05, 3.63) is 0 Å². The third-order valence-corrected chi connectivity index (χ3v) is 7.68. The van der Waals surface area contributed by atoms with E-state index < -0.39 is 9.84 Å². The van der Waals surface area contributed by atoms with Crippen LogP contribution in [0.2, 0.25) is 0 Å². The second-order valence-corrected chi connectivity index (χ2v) is 8.96. The summed E-state index contributed by atoms with van der Waals surface area (Å²) in [6.07, 6.45) is 6.96. The molecule has 110 valence electrons. The molecule has 2 aliphatic carbocycles. The number of rotatable bonds is 4. The van der Waals surface area contributed by atoms with Gasteiger partial charge in [0.25, 0.3) is 0 Å². The first kappa shape index (κ1) is 13.8. The van der Waals surface area contributed by atoms with E-state index >= 15 is 0 Å². The van der Waals surface area contributed by atoms with Gasteiger partial charge in [0.1, 0.15) is 0 Å². The topological polar surface area (TPSA) is 55.4 Å². The number of nitrogens with one attached hydrogen (secondary N) is 1. The van der Waals surface area contributed by atoms with E-state index in [0.29, 0.717) is 24.4 Å². The van der Waals surface area contributed by atoms with E-state index in [1.807, 2.05) is 7.11 Å². The molecule has 0 aromatic heterocycles. The van der Waals surface area contributed by atoms with Crippen LogP contribution in [0.3, 0.4) is 0 Å². The summed E-state index contributed by atoms with van der Waals surface area (Å²) in [5.41, 5.74) is 0. The highest BCUT2D eigenvalue weighted by Crippen LogP contribution is 2.45. The molecular formula is C14H25NO3S. The smallest absolute Gasteiger partial charge is 0.154 e. The van der Waals surface area contributed by atoms with Gasteiger partial charge in [-0.3, -0.25) is 0 Å². The number of ether oxygens (including phenoxy) is 1. The second-order valence-electron chi connectivity index (χ2n) is 6.56. The lowest BCUT2D eigenvalue weighted by atomic mass is 10.0. The highest BCUT2D eigenvalue weighted by molar-refractivity contribution is 7.92. The van der Waals surface area contributed by atoms with Crippen LogP contribution in [-0.2, 0) is 14.6 Å². The molecule has 4 nitrogen and oxygen atoms in total. The summed E-state index contributed by atoms with van der Waals surface area (Å²) >= 11 is 0. The van der Waals surface area contributed by atoms with Gasteiger partial charge in [-0.05, 0) is 50.4 Å². The molecule has 5 heteroatoms. The maximum absolute atomic E-state index is 11.8. The first-order valence-electron chi connectivity index (χ1n) is 7.56. The van der Waals surface area contributed by atoms with Crippen molar-refractivity contribution in [3.8, 4) is 0 Å². The zero-order chi connectivity index (χ0) is 13.5. The highest BCUT2D eigenvalue weighted by atomic mass is 32.2. The van der Waals surface area contributed by atoms with Crippen molar-refractivity contribution in [3.63, 3.8) is 0 Å². The third-order valence-electron chi connectivity index (χ3n) is 5.40. The summed E-state index contributed by atoms with van der Waals surface area (Å²) in [5, 5.41) is 3.40. The minimum atomic E-state index is -2.79. The fourth-order valence-corrected chi connectivity index (χ4v) is 6.08. The Bertz CT molecular complexity index is 408. The van der Waals surface area contributed by atoms with E-state index in [2.05, 4.69) is 5.32 Å². The van der Waals surface area contributed by atoms with Gasteiger partial charge < -0.3 is 10.1 Å². The molecule has 1 N–H and O–H groups in total. The fraction of sp³-hybridized carbons (Fsp3) is 1.00. The molecule has 0 aromatic rings. The maximum atomic E-state index is 11.8. The summed E-state index contributed by atoms with van der Waals surface area (Å²) in [7, 11) is -0.981. The van der Waals surface area contributed by atoms with Crippen molar-refractivity contribution in [1.29, 1.82) is 0 Å². The number of methoxy groups -OCH3 is 1. The molecule has 3 rings (SSSR count). The Kier molecular flexibility index (Phi) is 3.89. The fourth-order valence-electron chi connectivity index (χ4n) is 4.31. The zero-order valence-corrected chi connectivity index (χ0v) is 12.5.